The molecule has 1 aliphatic heterocycles. The number of nitrogens with zero attached hydrogens (tertiary/aromatic N) is 1. The monoisotopic (exact) mass is 293 g/mol. The van der Waals surface area contributed by atoms with Crippen LogP contribution in [0.3, 0.4) is 0 Å². The van der Waals surface area contributed by atoms with Gasteiger partial charge in [-0.05, 0) is 36.8 Å². The van der Waals surface area contributed by atoms with Crippen molar-refractivity contribution in [3.8, 4) is 11.3 Å². The van der Waals surface area contributed by atoms with Crippen LogP contribution >= 0.6 is 11.6 Å². The van der Waals surface area contributed by atoms with E-state index in [1.807, 2.05) is 18.2 Å². The molecule has 4 rings (SSSR count). The molecule has 0 saturated heterocycles. The molecule has 0 spiro atoms. The second-order valence-corrected chi connectivity index (χ2v) is 6.24. The van der Waals surface area contributed by atoms with Gasteiger partial charge in [-0.1, -0.05) is 65.7 Å². The van der Waals surface area contributed by atoms with E-state index in [0.29, 0.717) is 17.0 Å². The van der Waals surface area contributed by atoms with Crippen molar-refractivity contribution < 1.29 is 0 Å². The zero-order valence-electron chi connectivity index (χ0n) is 11.9. The van der Waals surface area contributed by atoms with Crippen LogP contribution in [0.25, 0.3) is 11.3 Å². The average Bonchev–Trinajstić information content (AvgIpc) is 3.23. The molecule has 0 aromatic heterocycles. The third-order valence-electron chi connectivity index (χ3n) is 4.41. The molecule has 0 unspecified atom stereocenters. The molecule has 0 amide bonds. The first-order valence-corrected chi connectivity index (χ1v) is 7.72. The maximum Gasteiger partial charge on any atom is 0.133 e. The number of hydrogen-bond acceptors (Lipinski definition) is 1. The number of aryl methyl sites for hydroxylation is 1. The Morgan fingerprint density at radius 1 is 0.952 bits per heavy atom. The van der Waals surface area contributed by atoms with E-state index in [9.17, 15) is 0 Å². The van der Waals surface area contributed by atoms with Crippen molar-refractivity contribution in [2.24, 2.45) is 0 Å². The SMILES string of the molecule is Cc1ccc([C@@H]2C[C@@H]2c2c3cccccc-3nc2Cl)cc1. The van der Waals surface area contributed by atoms with E-state index in [0.717, 1.165) is 5.69 Å². The highest BCUT2D eigenvalue weighted by Crippen LogP contribution is 2.58. The Bertz CT molecular complexity index is 763. The van der Waals surface area contributed by atoms with Crippen LogP contribution in [0.5, 0.6) is 0 Å². The molecule has 0 N–H and O–H groups in total. The zero-order chi connectivity index (χ0) is 14.4. The Labute approximate surface area is 130 Å². The largest absolute Gasteiger partial charge is 0.236 e. The molecule has 3 aliphatic rings. The number of fused-ring (bicyclic) bond motifs is 1. The number of halogens is 1. The summed E-state index contributed by atoms with van der Waals surface area (Å²) < 4.78 is 0. The van der Waals surface area contributed by atoms with E-state index in [-0.39, 0.29) is 0 Å². The Morgan fingerprint density at radius 3 is 2.52 bits per heavy atom. The first-order chi connectivity index (χ1) is 10.2. The first-order valence-electron chi connectivity index (χ1n) is 7.35. The van der Waals surface area contributed by atoms with Crippen LogP contribution in [0.4, 0.5) is 0 Å². The van der Waals surface area contributed by atoms with Crippen LogP contribution in [0.15, 0.2) is 54.6 Å². The number of hydrogen-bond donors (Lipinski definition) is 0. The minimum absolute atomic E-state index is 0.507. The summed E-state index contributed by atoms with van der Waals surface area (Å²) in [5.41, 5.74) is 6.14. The molecule has 1 aromatic rings. The lowest BCUT2D eigenvalue weighted by Crippen LogP contribution is -1.85. The summed E-state index contributed by atoms with van der Waals surface area (Å²) in [7, 11) is 0. The van der Waals surface area contributed by atoms with Crippen LogP contribution in [-0.2, 0) is 0 Å². The van der Waals surface area contributed by atoms with Crippen LogP contribution in [0.2, 0.25) is 5.15 Å². The summed E-state index contributed by atoms with van der Waals surface area (Å²) >= 11 is 6.41. The van der Waals surface area contributed by atoms with Crippen molar-refractivity contribution in [1.29, 1.82) is 0 Å². The molecular weight excluding hydrogens is 278 g/mol. The van der Waals surface area contributed by atoms with Crippen LogP contribution < -0.4 is 0 Å². The van der Waals surface area contributed by atoms with Gasteiger partial charge in [0.05, 0.1) is 5.69 Å². The molecule has 2 aliphatic carbocycles. The zero-order valence-corrected chi connectivity index (χ0v) is 12.6. The summed E-state index contributed by atoms with van der Waals surface area (Å²) in [5.74, 6) is 1.09. The van der Waals surface area contributed by atoms with Crippen LogP contribution in [0, 0.1) is 6.92 Å². The second-order valence-electron chi connectivity index (χ2n) is 5.89. The maximum absolute atomic E-state index is 6.41. The van der Waals surface area contributed by atoms with Crippen molar-refractivity contribution >= 4 is 11.6 Å². The Morgan fingerprint density at radius 2 is 1.71 bits per heavy atom. The molecule has 1 nitrogen and oxygen atoms in total. The van der Waals surface area contributed by atoms with E-state index in [1.165, 1.54) is 28.7 Å². The fourth-order valence-corrected chi connectivity index (χ4v) is 3.52. The maximum atomic E-state index is 6.41. The lowest BCUT2D eigenvalue weighted by Gasteiger charge is -2.02. The summed E-state index contributed by atoms with van der Waals surface area (Å²) in [6, 6.07) is 19.1. The van der Waals surface area contributed by atoms with Gasteiger partial charge >= 0.3 is 0 Å². The predicted molar refractivity (Wildman–Crippen MR) is 87.1 cm³/mol. The third-order valence-corrected chi connectivity index (χ3v) is 4.70. The molecular formula is C19H16ClN. The van der Waals surface area contributed by atoms with E-state index in [1.54, 1.807) is 0 Å². The van der Waals surface area contributed by atoms with Gasteiger partial charge in [0.2, 0.25) is 0 Å². The Hall–Kier alpha value is -1.86. The number of aromatic nitrogens is 1. The van der Waals surface area contributed by atoms with Crippen molar-refractivity contribution in [3.63, 3.8) is 0 Å². The molecule has 2 heteroatoms. The molecule has 0 bridgehead atoms. The van der Waals surface area contributed by atoms with E-state index < -0.39 is 0 Å². The van der Waals surface area contributed by atoms with Gasteiger partial charge < -0.3 is 0 Å². The summed E-state index contributed by atoms with van der Waals surface area (Å²) in [6.45, 7) is 2.12. The predicted octanol–water partition coefficient (Wildman–Crippen LogP) is 5.42. The van der Waals surface area contributed by atoms with Crippen molar-refractivity contribution in [1.82, 2.24) is 4.98 Å². The van der Waals surface area contributed by atoms with Gasteiger partial charge in [0.25, 0.3) is 0 Å². The van der Waals surface area contributed by atoms with Crippen molar-refractivity contribution in [2.75, 3.05) is 0 Å². The molecule has 0 radical (unpaired) electrons. The smallest absolute Gasteiger partial charge is 0.133 e. The van der Waals surface area contributed by atoms with Crippen molar-refractivity contribution in [2.45, 2.75) is 25.2 Å². The van der Waals surface area contributed by atoms with E-state index in [2.05, 4.69) is 48.3 Å². The van der Waals surface area contributed by atoms with E-state index in [4.69, 9.17) is 11.6 Å². The highest BCUT2D eigenvalue weighted by atomic mass is 35.5. The van der Waals surface area contributed by atoms with Crippen LogP contribution in [-0.4, -0.2) is 4.98 Å². The highest BCUT2D eigenvalue weighted by Gasteiger charge is 2.43. The fourth-order valence-electron chi connectivity index (χ4n) is 3.19. The molecule has 104 valence electrons. The van der Waals surface area contributed by atoms with Gasteiger partial charge in [0, 0.05) is 11.1 Å². The van der Waals surface area contributed by atoms with Gasteiger partial charge in [-0.15, -0.1) is 0 Å². The normalized spacial score (nSPS) is 20.7. The fraction of sp³-hybridized carbons (Fsp3) is 0.211. The number of rotatable bonds is 2. The van der Waals surface area contributed by atoms with Gasteiger partial charge in [0.15, 0.2) is 0 Å². The van der Waals surface area contributed by atoms with Gasteiger partial charge in [-0.3, -0.25) is 0 Å². The van der Waals surface area contributed by atoms with E-state index >= 15 is 0 Å². The first kappa shape index (κ1) is 12.8. The standard InChI is InChI=1S/C19H16ClN/c1-12-7-9-13(10-8-12)15-11-16(15)18-14-5-3-2-4-6-17(14)21-19(18)20/h2-10,15-16H,11H2,1H3/t15-,16-/m0/s1. The molecule has 1 aromatic carbocycles. The van der Waals surface area contributed by atoms with Gasteiger partial charge in [0.1, 0.15) is 5.15 Å². The molecule has 1 heterocycles. The van der Waals surface area contributed by atoms with Crippen molar-refractivity contribution in [3.05, 3.63) is 76.4 Å². The highest BCUT2D eigenvalue weighted by molar-refractivity contribution is 6.31. The minimum Gasteiger partial charge on any atom is -0.236 e. The molecule has 1 saturated carbocycles. The van der Waals surface area contributed by atoms with Gasteiger partial charge in [-0.2, -0.15) is 0 Å². The summed E-state index contributed by atoms with van der Waals surface area (Å²) in [5, 5.41) is 0.677. The third kappa shape index (κ3) is 2.22. The topological polar surface area (TPSA) is 12.9 Å². The van der Waals surface area contributed by atoms with Crippen LogP contribution in [0.1, 0.15) is 34.9 Å². The second kappa shape index (κ2) is 4.85. The van der Waals surface area contributed by atoms with Gasteiger partial charge in [-0.25, -0.2) is 4.98 Å². The Balaban J connectivity index is 1.71. The lowest BCUT2D eigenvalue weighted by atomic mass is 10.0. The quantitative estimate of drug-likeness (QED) is 0.615. The molecule has 2 atom stereocenters. The average molecular weight is 294 g/mol. The molecule has 21 heavy (non-hydrogen) atoms. The Kier molecular flexibility index (Phi) is 2.97. The number of benzene rings is 1. The summed E-state index contributed by atoms with van der Waals surface area (Å²) in [6.07, 6.45) is 1.17. The molecule has 1 fully saturated rings. The lowest BCUT2D eigenvalue weighted by molar-refractivity contribution is 1.03. The summed E-state index contributed by atoms with van der Waals surface area (Å²) in [4.78, 5) is 4.52. The minimum atomic E-state index is 0.507.